The van der Waals surface area contributed by atoms with Gasteiger partial charge in [0.05, 0.1) is 18.0 Å². The average molecular weight is 289 g/mol. The van der Waals surface area contributed by atoms with Crippen molar-refractivity contribution in [2.75, 3.05) is 12.3 Å². The zero-order chi connectivity index (χ0) is 15.4. The van der Waals surface area contributed by atoms with Crippen molar-refractivity contribution in [1.29, 1.82) is 0 Å². The Kier molecular flexibility index (Phi) is 4.73. The van der Waals surface area contributed by atoms with Crippen LogP contribution in [0.5, 0.6) is 5.75 Å². The molecule has 0 bridgehead atoms. The highest BCUT2D eigenvalue weighted by molar-refractivity contribution is 5.46. The van der Waals surface area contributed by atoms with Gasteiger partial charge in [-0.15, -0.1) is 0 Å². The highest BCUT2D eigenvalue weighted by Gasteiger charge is 2.17. The summed E-state index contributed by atoms with van der Waals surface area (Å²) >= 11 is 0. The van der Waals surface area contributed by atoms with Crippen LogP contribution >= 0.6 is 0 Å². The van der Waals surface area contributed by atoms with Crippen LogP contribution in [0.15, 0.2) is 29.1 Å². The van der Waals surface area contributed by atoms with E-state index in [2.05, 4.69) is 6.92 Å². The number of hydrogen-bond donors (Lipinski definition) is 1. The first-order valence-electron chi connectivity index (χ1n) is 7.47. The Labute approximate surface area is 124 Å². The Balaban J connectivity index is 2.54. The summed E-state index contributed by atoms with van der Waals surface area (Å²) in [4.78, 5) is 12.4. The maximum atomic E-state index is 12.4. The third-order valence-electron chi connectivity index (χ3n) is 3.45. The quantitative estimate of drug-likeness (QED) is 0.889. The minimum Gasteiger partial charge on any atom is -0.494 e. The zero-order valence-corrected chi connectivity index (χ0v) is 12.9. The van der Waals surface area contributed by atoms with Gasteiger partial charge in [0.25, 0.3) is 5.56 Å². The maximum Gasteiger partial charge on any atom is 0.294 e. The van der Waals surface area contributed by atoms with Crippen molar-refractivity contribution in [3.8, 4) is 11.4 Å². The summed E-state index contributed by atoms with van der Waals surface area (Å²) in [5, 5.41) is 0. The first-order valence-corrected chi connectivity index (χ1v) is 7.47. The van der Waals surface area contributed by atoms with E-state index >= 15 is 0 Å². The molecule has 1 heterocycles. The van der Waals surface area contributed by atoms with E-state index in [1.54, 1.807) is 4.68 Å². The highest BCUT2D eigenvalue weighted by atomic mass is 16.5. The number of ether oxygens (including phenoxy) is 1. The second kappa shape index (κ2) is 6.52. The molecule has 0 radical (unpaired) electrons. The molecule has 5 nitrogen and oxygen atoms in total. The van der Waals surface area contributed by atoms with E-state index < -0.39 is 0 Å². The molecule has 0 saturated carbocycles. The van der Waals surface area contributed by atoms with Gasteiger partial charge in [0.1, 0.15) is 11.4 Å². The maximum absolute atomic E-state index is 12.4. The van der Waals surface area contributed by atoms with E-state index in [4.69, 9.17) is 10.5 Å². The predicted octanol–water partition coefficient (Wildman–Crippen LogP) is 2.59. The van der Waals surface area contributed by atoms with Gasteiger partial charge < -0.3 is 10.5 Å². The van der Waals surface area contributed by atoms with Gasteiger partial charge in [0.15, 0.2) is 0 Å². The van der Waals surface area contributed by atoms with Crippen molar-refractivity contribution >= 4 is 5.69 Å². The van der Waals surface area contributed by atoms with Crippen molar-refractivity contribution in [3.63, 3.8) is 0 Å². The van der Waals surface area contributed by atoms with Crippen LogP contribution in [0.4, 0.5) is 5.69 Å². The van der Waals surface area contributed by atoms with E-state index in [0.717, 1.165) is 36.5 Å². The molecule has 114 valence electrons. The van der Waals surface area contributed by atoms with Gasteiger partial charge in [-0.3, -0.25) is 9.48 Å². The zero-order valence-electron chi connectivity index (χ0n) is 12.9. The number of anilines is 1. The van der Waals surface area contributed by atoms with Crippen LogP contribution in [0, 0.1) is 0 Å². The molecule has 0 amide bonds. The summed E-state index contributed by atoms with van der Waals surface area (Å²) in [5.74, 6) is 0.798. The minimum absolute atomic E-state index is 0.149. The van der Waals surface area contributed by atoms with Crippen LogP contribution in [0.3, 0.4) is 0 Å². The second-order valence-electron chi connectivity index (χ2n) is 4.88. The van der Waals surface area contributed by atoms with Gasteiger partial charge in [-0.25, -0.2) is 4.68 Å². The molecule has 0 saturated heterocycles. The number of aromatic nitrogens is 2. The molecule has 0 spiro atoms. The number of nitrogens with two attached hydrogens (primary N) is 1. The van der Waals surface area contributed by atoms with Crippen LogP contribution in [-0.2, 0) is 13.0 Å². The number of nitrogen functional groups attached to an aromatic ring is 1. The lowest BCUT2D eigenvalue weighted by molar-refractivity contribution is 0.340. The number of nitrogens with zero attached hydrogens (tertiary/aromatic N) is 2. The molecule has 0 atom stereocenters. The largest absolute Gasteiger partial charge is 0.494 e. The molecule has 21 heavy (non-hydrogen) atoms. The molecule has 0 aliphatic carbocycles. The molecule has 0 fully saturated rings. The standard InChI is InChI=1S/C16H23N3O2/c1-4-11-18-14(5-2)15(17)16(20)19(18)12-7-9-13(10-8-12)21-6-3/h7-10H,4-6,11,17H2,1-3H3. The van der Waals surface area contributed by atoms with Gasteiger partial charge >= 0.3 is 0 Å². The lowest BCUT2D eigenvalue weighted by atomic mass is 10.3. The topological polar surface area (TPSA) is 62.2 Å². The van der Waals surface area contributed by atoms with E-state index in [1.165, 1.54) is 0 Å². The minimum atomic E-state index is -0.149. The fourth-order valence-electron chi connectivity index (χ4n) is 2.53. The molecule has 5 heteroatoms. The second-order valence-corrected chi connectivity index (χ2v) is 4.88. The SMILES string of the molecule is CCCn1c(CC)c(N)c(=O)n1-c1ccc(OCC)cc1. The van der Waals surface area contributed by atoms with Crippen molar-refractivity contribution in [3.05, 3.63) is 40.3 Å². The van der Waals surface area contributed by atoms with Gasteiger partial charge in [0.2, 0.25) is 0 Å². The average Bonchev–Trinajstić information content (AvgIpc) is 2.72. The van der Waals surface area contributed by atoms with E-state index in [9.17, 15) is 4.79 Å². The summed E-state index contributed by atoms with van der Waals surface area (Å²) in [5.41, 5.74) is 7.89. The predicted molar refractivity (Wildman–Crippen MR) is 85.3 cm³/mol. The smallest absolute Gasteiger partial charge is 0.294 e. The molecule has 0 unspecified atom stereocenters. The summed E-state index contributed by atoms with van der Waals surface area (Å²) in [7, 11) is 0. The Bertz CT molecular complexity index is 653. The van der Waals surface area contributed by atoms with Crippen molar-refractivity contribution in [2.24, 2.45) is 0 Å². The van der Waals surface area contributed by atoms with Crippen molar-refractivity contribution in [2.45, 2.75) is 40.2 Å². The van der Waals surface area contributed by atoms with Crippen molar-refractivity contribution in [1.82, 2.24) is 9.36 Å². The summed E-state index contributed by atoms with van der Waals surface area (Å²) < 4.78 is 9.08. The van der Waals surface area contributed by atoms with E-state index in [0.29, 0.717) is 12.3 Å². The third kappa shape index (κ3) is 2.82. The lowest BCUT2D eigenvalue weighted by Gasteiger charge is -2.14. The van der Waals surface area contributed by atoms with Crippen molar-refractivity contribution < 1.29 is 4.74 Å². The Hall–Kier alpha value is -2.17. The number of hydrogen-bond acceptors (Lipinski definition) is 3. The summed E-state index contributed by atoms with van der Waals surface area (Å²) in [6, 6.07) is 7.52. The molecule has 0 aliphatic heterocycles. The Morgan fingerprint density at radius 3 is 2.33 bits per heavy atom. The molecule has 2 aromatic rings. The van der Waals surface area contributed by atoms with Gasteiger partial charge in [-0.2, -0.15) is 0 Å². The van der Waals surface area contributed by atoms with Crippen LogP contribution in [0.1, 0.15) is 32.9 Å². The first-order chi connectivity index (χ1) is 10.1. The Morgan fingerprint density at radius 1 is 1.14 bits per heavy atom. The van der Waals surface area contributed by atoms with Gasteiger partial charge in [0, 0.05) is 6.54 Å². The summed E-state index contributed by atoms with van der Waals surface area (Å²) in [6.07, 6.45) is 1.68. The van der Waals surface area contributed by atoms with E-state index in [-0.39, 0.29) is 5.56 Å². The lowest BCUT2D eigenvalue weighted by Crippen LogP contribution is -2.22. The fourth-order valence-corrected chi connectivity index (χ4v) is 2.53. The molecule has 2 N–H and O–H groups in total. The molecular formula is C16H23N3O2. The monoisotopic (exact) mass is 289 g/mol. The van der Waals surface area contributed by atoms with Gasteiger partial charge in [-0.05, 0) is 44.0 Å². The third-order valence-corrected chi connectivity index (χ3v) is 3.45. The Morgan fingerprint density at radius 2 is 1.81 bits per heavy atom. The molecular weight excluding hydrogens is 266 g/mol. The molecule has 1 aromatic carbocycles. The van der Waals surface area contributed by atoms with Crippen LogP contribution in [0.2, 0.25) is 0 Å². The first kappa shape index (κ1) is 15.2. The van der Waals surface area contributed by atoms with Crippen LogP contribution in [-0.4, -0.2) is 16.0 Å². The van der Waals surface area contributed by atoms with Crippen LogP contribution in [0.25, 0.3) is 5.69 Å². The number of benzene rings is 1. The normalized spacial score (nSPS) is 10.8. The molecule has 1 aromatic heterocycles. The highest BCUT2D eigenvalue weighted by Crippen LogP contribution is 2.18. The molecule has 2 rings (SSSR count). The fraction of sp³-hybridized carbons (Fsp3) is 0.438. The molecule has 0 aliphatic rings. The van der Waals surface area contributed by atoms with Gasteiger partial charge in [-0.1, -0.05) is 13.8 Å². The number of rotatable bonds is 6. The summed E-state index contributed by atoms with van der Waals surface area (Å²) in [6.45, 7) is 7.43. The van der Waals surface area contributed by atoms with E-state index in [1.807, 2.05) is 42.8 Å². The van der Waals surface area contributed by atoms with Crippen LogP contribution < -0.4 is 16.0 Å².